The fourth-order valence-corrected chi connectivity index (χ4v) is 4.63. The highest BCUT2D eigenvalue weighted by Gasteiger charge is 2.29. The van der Waals surface area contributed by atoms with Crippen LogP contribution in [0.25, 0.3) is 11.2 Å². The highest BCUT2D eigenvalue weighted by Crippen LogP contribution is 2.23. The first kappa shape index (κ1) is 22.8. The maximum atomic E-state index is 13.6. The standard InChI is InChI=1S/C28H29N5O2/c1-2-20-12-14-23(15-13-20)30-27(34)22-10-7-17-32(19-22)26-28(35)33(18-21-8-4-3-5-9-21)25-24(31-26)11-6-16-29-25/h3-6,8-9,11-16,22H,2,7,10,17-19H2,1H3,(H,30,34)/t22-/m1/s1. The van der Waals surface area contributed by atoms with Crippen molar-refractivity contribution in [1.29, 1.82) is 0 Å². The molecule has 1 atom stereocenters. The number of nitrogens with zero attached hydrogens (tertiary/aromatic N) is 4. The fraction of sp³-hybridized carbons (Fsp3) is 0.286. The van der Waals surface area contributed by atoms with Gasteiger partial charge in [-0.3, -0.25) is 14.2 Å². The quantitative estimate of drug-likeness (QED) is 0.458. The van der Waals surface area contributed by atoms with E-state index >= 15 is 0 Å². The van der Waals surface area contributed by atoms with Crippen molar-refractivity contribution in [2.75, 3.05) is 23.3 Å². The maximum Gasteiger partial charge on any atom is 0.295 e. The molecule has 0 spiro atoms. The van der Waals surface area contributed by atoms with Crippen molar-refractivity contribution < 1.29 is 4.79 Å². The molecule has 1 N–H and O–H groups in total. The Morgan fingerprint density at radius 1 is 1.03 bits per heavy atom. The van der Waals surface area contributed by atoms with Crippen LogP contribution < -0.4 is 15.8 Å². The van der Waals surface area contributed by atoms with Gasteiger partial charge in [0.25, 0.3) is 5.56 Å². The van der Waals surface area contributed by atoms with Gasteiger partial charge in [-0.25, -0.2) is 9.97 Å². The number of carbonyl (C=O) groups excluding carboxylic acids is 1. The summed E-state index contributed by atoms with van der Waals surface area (Å²) in [7, 11) is 0. The van der Waals surface area contributed by atoms with E-state index in [0.717, 1.165) is 30.5 Å². The second kappa shape index (κ2) is 10.1. The molecule has 2 aromatic carbocycles. The Bertz CT molecular complexity index is 1380. The lowest BCUT2D eigenvalue weighted by molar-refractivity contribution is -0.120. The summed E-state index contributed by atoms with van der Waals surface area (Å²) in [5.74, 6) is 0.139. The largest absolute Gasteiger partial charge is 0.351 e. The van der Waals surface area contributed by atoms with E-state index in [4.69, 9.17) is 4.98 Å². The van der Waals surface area contributed by atoms with Crippen LogP contribution in [0.4, 0.5) is 11.5 Å². The third kappa shape index (κ3) is 4.94. The Balaban J connectivity index is 1.41. The maximum absolute atomic E-state index is 13.6. The molecule has 1 amide bonds. The van der Waals surface area contributed by atoms with E-state index in [0.29, 0.717) is 36.6 Å². The lowest BCUT2D eigenvalue weighted by Gasteiger charge is -2.32. The van der Waals surface area contributed by atoms with Gasteiger partial charge in [-0.15, -0.1) is 0 Å². The summed E-state index contributed by atoms with van der Waals surface area (Å²) in [6.07, 6.45) is 4.24. The van der Waals surface area contributed by atoms with Gasteiger partial charge in [0.15, 0.2) is 11.5 Å². The number of benzene rings is 2. The monoisotopic (exact) mass is 467 g/mol. The molecule has 1 aliphatic rings. The minimum absolute atomic E-state index is 0.0222. The summed E-state index contributed by atoms with van der Waals surface area (Å²) >= 11 is 0. The molecule has 0 radical (unpaired) electrons. The first-order valence-corrected chi connectivity index (χ1v) is 12.2. The van der Waals surface area contributed by atoms with Gasteiger partial charge in [-0.1, -0.05) is 49.4 Å². The molecule has 3 heterocycles. The number of aryl methyl sites for hydroxylation is 1. The number of fused-ring (bicyclic) bond motifs is 1. The van der Waals surface area contributed by atoms with E-state index in [9.17, 15) is 9.59 Å². The highest BCUT2D eigenvalue weighted by atomic mass is 16.2. The Kier molecular flexibility index (Phi) is 6.57. The van der Waals surface area contributed by atoms with Crippen LogP contribution in [0.15, 0.2) is 77.7 Å². The molecule has 1 fully saturated rings. The third-order valence-corrected chi connectivity index (χ3v) is 6.59. The van der Waals surface area contributed by atoms with Gasteiger partial charge in [0.1, 0.15) is 5.52 Å². The van der Waals surface area contributed by atoms with Crippen LogP contribution in [0.3, 0.4) is 0 Å². The summed E-state index contributed by atoms with van der Waals surface area (Å²) < 4.78 is 1.69. The molecular weight excluding hydrogens is 438 g/mol. The lowest BCUT2D eigenvalue weighted by atomic mass is 9.97. The number of hydrogen-bond acceptors (Lipinski definition) is 5. The van der Waals surface area contributed by atoms with Gasteiger partial charge in [-0.05, 0) is 54.7 Å². The van der Waals surface area contributed by atoms with Crippen LogP contribution in [0, 0.1) is 5.92 Å². The van der Waals surface area contributed by atoms with E-state index in [2.05, 4.69) is 17.2 Å². The Hall–Kier alpha value is -4.00. The van der Waals surface area contributed by atoms with Crippen LogP contribution in [-0.4, -0.2) is 33.5 Å². The first-order chi connectivity index (χ1) is 17.1. The van der Waals surface area contributed by atoms with Crippen molar-refractivity contribution in [3.63, 3.8) is 0 Å². The van der Waals surface area contributed by atoms with Crippen molar-refractivity contribution in [1.82, 2.24) is 14.5 Å². The number of carbonyl (C=O) groups is 1. The average molecular weight is 468 g/mol. The zero-order valence-corrected chi connectivity index (χ0v) is 19.9. The third-order valence-electron chi connectivity index (χ3n) is 6.59. The zero-order valence-electron chi connectivity index (χ0n) is 19.9. The topological polar surface area (TPSA) is 80.1 Å². The Morgan fingerprint density at radius 2 is 1.83 bits per heavy atom. The predicted octanol–water partition coefficient (Wildman–Crippen LogP) is 4.26. The second-order valence-electron chi connectivity index (χ2n) is 8.98. The highest BCUT2D eigenvalue weighted by molar-refractivity contribution is 5.93. The van der Waals surface area contributed by atoms with Crippen LogP contribution in [0.1, 0.15) is 30.9 Å². The SMILES string of the molecule is CCc1ccc(NC(=O)[C@@H]2CCCN(c3nc4cccnc4n(Cc4ccccc4)c3=O)C2)cc1. The summed E-state index contributed by atoms with van der Waals surface area (Å²) in [4.78, 5) is 37.8. The van der Waals surface area contributed by atoms with Gasteiger partial charge in [0.2, 0.25) is 5.91 Å². The van der Waals surface area contributed by atoms with Gasteiger partial charge in [0.05, 0.1) is 12.5 Å². The summed E-state index contributed by atoms with van der Waals surface area (Å²) in [5, 5.41) is 3.04. The van der Waals surface area contributed by atoms with Gasteiger partial charge in [-0.2, -0.15) is 0 Å². The van der Waals surface area contributed by atoms with Gasteiger partial charge < -0.3 is 10.2 Å². The summed E-state index contributed by atoms with van der Waals surface area (Å²) in [6.45, 7) is 3.66. The molecule has 178 valence electrons. The molecule has 0 unspecified atom stereocenters. The number of rotatable bonds is 6. The van der Waals surface area contributed by atoms with E-state index in [1.165, 1.54) is 5.56 Å². The summed E-state index contributed by atoms with van der Waals surface area (Å²) in [5.41, 5.74) is 4.09. The molecular formula is C28H29N5O2. The minimum Gasteiger partial charge on any atom is -0.351 e. The molecule has 5 rings (SSSR count). The molecule has 7 nitrogen and oxygen atoms in total. The number of pyridine rings is 1. The van der Waals surface area contributed by atoms with E-state index < -0.39 is 0 Å². The van der Waals surface area contributed by atoms with Crippen LogP contribution >= 0.6 is 0 Å². The van der Waals surface area contributed by atoms with Crippen molar-refractivity contribution in [2.45, 2.75) is 32.7 Å². The Morgan fingerprint density at radius 3 is 2.60 bits per heavy atom. The minimum atomic E-state index is -0.219. The van der Waals surface area contributed by atoms with E-state index in [-0.39, 0.29) is 17.4 Å². The number of piperidine rings is 1. The molecule has 0 bridgehead atoms. The van der Waals surface area contributed by atoms with E-state index in [1.54, 1.807) is 10.8 Å². The summed E-state index contributed by atoms with van der Waals surface area (Å²) in [6, 6.07) is 21.5. The molecule has 1 aliphatic heterocycles. The number of anilines is 2. The van der Waals surface area contributed by atoms with Crippen LogP contribution in [0.5, 0.6) is 0 Å². The Labute approximate surface area is 204 Å². The molecule has 7 heteroatoms. The number of amides is 1. The molecule has 0 aliphatic carbocycles. The average Bonchev–Trinajstić information content (AvgIpc) is 2.91. The number of nitrogens with one attached hydrogen (secondary N) is 1. The van der Waals surface area contributed by atoms with Gasteiger partial charge >= 0.3 is 0 Å². The smallest absolute Gasteiger partial charge is 0.295 e. The number of aromatic nitrogens is 3. The molecule has 35 heavy (non-hydrogen) atoms. The molecule has 1 saturated heterocycles. The van der Waals surface area contributed by atoms with Crippen molar-refractivity contribution in [3.05, 3.63) is 94.4 Å². The fourth-order valence-electron chi connectivity index (χ4n) is 4.63. The van der Waals surface area contributed by atoms with Gasteiger partial charge in [0, 0.05) is 25.0 Å². The van der Waals surface area contributed by atoms with Crippen LogP contribution in [-0.2, 0) is 17.8 Å². The molecule has 4 aromatic rings. The predicted molar refractivity (Wildman–Crippen MR) is 139 cm³/mol. The molecule has 0 saturated carbocycles. The zero-order chi connectivity index (χ0) is 24.2. The van der Waals surface area contributed by atoms with Crippen molar-refractivity contribution in [2.24, 2.45) is 5.92 Å². The van der Waals surface area contributed by atoms with Crippen LogP contribution in [0.2, 0.25) is 0 Å². The lowest BCUT2D eigenvalue weighted by Crippen LogP contribution is -2.44. The first-order valence-electron chi connectivity index (χ1n) is 12.2. The molecule has 2 aromatic heterocycles. The normalized spacial score (nSPS) is 15.8. The van der Waals surface area contributed by atoms with Crippen molar-refractivity contribution >= 4 is 28.6 Å². The van der Waals surface area contributed by atoms with Crippen molar-refractivity contribution in [3.8, 4) is 0 Å². The second-order valence-corrected chi connectivity index (χ2v) is 8.98. The van der Waals surface area contributed by atoms with E-state index in [1.807, 2.05) is 71.6 Å². The number of hydrogen-bond donors (Lipinski definition) is 1.